The fourth-order valence-corrected chi connectivity index (χ4v) is 2.24. The highest BCUT2D eigenvalue weighted by Crippen LogP contribution is 2.28. The topological polar surface area (TPSA) is 75.9 Å². The Bertz CT molecular complexity index is 634. The van der Waals surface area contributed by atoms with Crippen molar-refractivity contribution in [2.24, 2.45) is 5.92 Å². The second kappa shape index (κ2) is 6.13. The van der Waals surface area contributed by atoms with Crippen LogP contribution in [0.1, 0.15) is 29.8 Å². The van der Waals surface area contributed by atoms with Gasteiger partial charge in [0.05, 0.1) is 0 Å². The van der Waals surface area contributed by atoms with E-state index in [1.54, 1.807) is 22.7 Å². The smallest absolute Gasteiger partial charge is 0.356 e. The van der Waals surface area contributed by atoms with Crippen LogP contribution in [0.15, 0.2) is 24.4 Å². The van der Waals surface area contributed by atoms with Gasteiger partial charge in [-0.3, -0.25) is 4.40 Å². The van der Waals surface area contributed by atoms with E-state index in [0.29, 0.717) is 24.6 Å². The highest BCUT2D eigenvalue weighted by Gasteiger charge is 2.21. The average molecular weight is 289 g/mol. The Balaban J connectivity index is 1.57. The largest absolute Gasteiger partial charge is 0.476 e. The van der Waals surface area contributed by atoms with Crippen molar-refractivity contribution in [3.05, 3.63) is 30.1 Å². The number of nitrogens with zero attached hydrogens (tertiary/aromatic N) is 2. The molecule has 2 N–H and O–H groups in total. The number of hydrogen-bond acceptors (Lipinski definition) is 4. The number of nitrogens with one attached hydrogen (secondary N) is 1. The maximum Gasteiger partial charge on any atom is 0.356 e. The van der Waals surface area contributed by atoms with Gasteiger partial charge in [0.2, 0.25) is 0 Å². The van der Waals surface area contributed by atoms with Gasteiger partial charge in [0.25, 0.3) is 0 Å². The first-order valence-electron chi connectivity index (χ1n) is 7.27. The van der Waals surface area contributed by atoms with E-state index in [-0.39, 0.29) is 5.69 Å². The van der Waals surface area contributed by atoms with E-state index in [0.717, 1.165) is 18.9 Å². The molecule has 1 fully saturated rings. The van der Waals surface area contributed by atoms with E-state index in [4.69, 9.17) is 4.74 Å². The molecule has 0 unspecified atom stereocenters. The van der Waals surface area contributed by atoms with E-state index in [2.05, 4.69) is 10.3 Å². The number of imidazole rings is 1. The standard InChI is InChI=1S/C15H19N3O3/c19-15(20)13-14(17-12-4-1-2-8-18(12)13)16-7-3-9-21-10-11-5-6-11/h1-2,4,8,11,16H,3,5-7,9-10H2,(H,19,20). The number of pyridine rings is 1. The monoisotopic (exact) mass is 289 g/mol. The second-order valence-electron chi connectivity index (χ2n) is 5.34. The van der Waals surface area contributed by atoms with Crippen LogP contribution in [0.2, 0.25) is 0 Å². The number of hydrogen-bond donors (Lipinski definition) is 2. The number of fused-ring (bicyclic) bond motifs is 1. The van der Waals surface area contributed by atoms with Crippen LogP contribution in [-0.4, -0.2) is 40.2 Å². The van der Waals surface area contributed by atoms with Crippen molar-refractivity contribution in [3.8, 4) is 0 Å². The molecule has 0 amide bonds. The Morgan fingerprint density at radius 3 is 3.10 bits per heavy atom. The van der Waals surface area contributed by atoms with Crippen molar-refractivity contribution in [2.75, 3.05) is 25.1 Å². The molecule has 6 nitrogen and oxygen atoms in total. The first kappa shape index (κ1) is 13.9. The third-order valence-corrected chi connectivity index (χ3v) is 3.54. The molecule has 0 aromatic carbocycles. The van der Waals surface area contributed by atoms with E-state index < -0.39 is 5.97 Å². The van der Waals surface area contributed by atoms with Crippen LogP contribution >= 0.6 is 0 Å². The highest BCUT2D eigenvalue weighted by atomic mass is 16.5. The molecule has 0 aliphatic heterocycles. The maximum absolute atomic E-state index is 11.4. The van der Waals surface area contributed by atoms with Crippen LogP contribution in [0.25, 0.3) is 5.65 Å². The summed E-state index contributed by atoms with van der Waals surface area (Å²) in [4.78, 5) is 15.7. The summed E-state index contributed by atoms with van der Waals surface area (Å²) in [5, 5.41) is 12.4. The van der Waals surface area contributed by atoms with Crippen molar-refractivity contribution in [1.29, 1.82) is 0 Å². The van der Waals surface area contributed by atoms with Crippen molar-refractivity contribution in [2.45, 2.75) is 19.3 Å². The minimum absolute atomic E-state index is 0.171. The minimum Gasteiger partial charge on any atom is -0.476 e. The van der Waals surface area contributed by atoms with Gasteiger partial charge in [-0.2, -0.15) is 0 Å². The molecule has 112 valence electrons. The van der Waals surface area contributed by atoms with E-state index >= 15 is 0 Å². The van der Waals surface area contributed by atoms with Crippen molar-refractivity contribution < 1.29 is 14.6 Å². The lowest BCUT2D eigenvalue weighted by Gasteiger charge is -2.05. The lowest BCUT2D eigenvalue weighted by Crippen LogP contribution is -2.11. The van der Waals surface area contributed by atoms with Gasteiger partial charge < -0.3 is 15.2 Å². The van der Waals surface area contributed by atoms with E-state index in [9.17, 15) is 9.90 Å². The lowest BCUT2D eigenvalue weighted by molar-refractivity contribution is 0.0690. The molecule has 0 radical (unpaired) electrons. The molecule has 6 heteroatoms. The maximum atomic E-state index is 11.4. The quantitative estimate of drug-likeness (QED) is 0.729. The van der Waals surface area contributed by atoms with Crippen molar-refractivity contribution in [1.82, 2.24) is 9.38 Å². The first-order chi connectivity index (χ1) is 10.3. The third kappa shape index (κ3) is 3.33. The Morgan fingerprint density at radius 2 is 2.33 bits per heavy atom. The number of ether oxygens (including phenoxy) is 1. The Morgan fingerprint density at radius 1 is 1.48 bits per heavy atom. The molecular formula is C15H19N3O3. The van der Waals surface area contributed by atoms with Crippen LogP contribution in [0.5, 0.6) is 0 Å². The summed E-state index contributed by atoms with van der Waals surface area (Å²) >= 11 is 0. The van der Waals surface area contributed by atoms with Gasteiger partial charge in [0, 0.05) is 26.0 Å². The molecule has 1 aliphatic carbocycles. The zero-order chi connectivity index (χ0) is 14.7. The zero-order valence-electron chi connectivity index (χ0n) is 11.8. The van der Waals surface area contributed by atoms with E-state index in [1.165, 1.54) is 12.8 Å². The average Bonchev–Trinajstić information content (AvgIpc) is 3.21. The van der Waals surface area contributed by atoms with Gasteiger partial charge in [-0.25, -0.2) is 9.78 Å². The Hall–Kier alpha value is -2.08. The molecule has 0 bridgehead atoms. The molecule has 2 aromatic rings. The number of aromatic carboxylic acids is 1. The molecule has 2 heterocycles. The fourth-order valence-electron chi connectivity index (χ4n) is 2.24. The highest BCUT2D eigenvalue weighted by molar-refractivity contribution is 5.92. The minimum atomic E-state index is -0.985. The Labute approximate surface area is 122 Å². The third-order valence-electron chi connectivity index (χ3n) is 3.54. The van der Waals surface area contributed by atoms with Crippen LogP contribution in [0, 0.1) is 5.92 Å². The number of rotatable bonds is 8. The van der Waals surface area contributed by atoms with Gasteiger partial charge in [-0.05, 0) is 37.3 Å². The molecule has 1 saturated carbocycles. The van der Waals surface area contributed by atoms with Crippen LogP contribution in [-0.2, 0) is 4.74 Å². The number of carboxylic acids is 1. The zero-order valence-corrected chi connectivity index (χ0v) is 11.8. The number of aromatic nitrogens is 2. The summed E-state index contributed by atoms with van der Waals surface area (Å²) in [6.45, 7) is 2.20. The molecular weight excluding hydrogens is 270 g/mol. The second-order valence-corrected chi connectivity index (χ2v) is 5.34. The normalized spacial score (nSPS) is 14.5. The number of anilines is 1. The SMILES string of the molecule is O=C(O)c1c(NCCCOCC2CC2)nc2ccccn12. The number of carboxylic acid groups (broad SMARTS) is 1. The molecule has 1 aliphatic rings. The molecule has 3 rings (SSSR count). The Kier molecular flexibility index (Phi) is 4.06. The summed E-state index contributed by atoms with van der Waals surface area (Å²) in [7, 11) is 0. The van der Waals surface area contributed by atoms with Crippen molar-refractivity contribution in [3.63, 3.8) is 0 Å². The molecule has 21 heavy (non-hydrogen) atoms. The summed E-state index contributed by atoms with van der Waals surface area (Å²) in [6, 6.07) is 5.41. The molecule has 0 spiro atoms. The molecule has 0 saturated heterocycles. The fraction of sp³-hybridized carbons (Fsp3) is 0.467. The van der Waals surface area contributed by atoms with Crippen LogP contribution < -0.4 is 5.32 Å². The summed E-state index contributed by atoms with van der Waals surface area (Å²) < 4.78 is 7.13. The van der Waals surface area contributed by atoms with Crippen molar-refractivity contribution >= 4 is 17.4 Å². The first-order valence-corrected chi connectivity index (χ1v) is 7.27. The predicted molar refractivity (Wildman–Crippen MR) is 78.8 cm³/mol. The van der Waals surface area contributed by atoms with Crippen LogP contribution in [0.3, 0.4) is 0 Å². The summed E-state index contributed by atoms with van der Waals surface area (Å²) in [5.41, 5.74) is 0.798. The van der Waals surface area contributed by atoms with Crippen LogP contribution in [0.4, 0.5) is 5.82 Å². The molecule has 2 aromatic heterocycles. The van der Waals surface area contributed by atoms with Gasteiger partial charge in [-0.1, -0.05) is 6.07 Å². The lowest BCUT2D eigenvalue weighted by atomic mass is 10.4. The summed E-state index contributed by atoms with van der Waals surface area (Å²) in [5.74, 6) is 0.201. The number of carbonyl (C=O) groups is 1. The van der Waals surface area contributed by atoms with Gasteiger partial charge in [0.1, 0.15) is 5.65 Å². The van der Waals surface area contributed by atoms with Gasteiger partial charge in [0.15, 0.2) is 11.5 Å². The summed E-state index contributed by atoms with van der Waals surface area (Å²) in [6.07, 6.45) is 5.12. The van der Waals surface area contributed by atoms with Gasteiger partial charge in [-0.15, -0.1) is 0 Å². The predicted octanol–water partition coefficient (Wildman–Crippen LogP) is 2.26. The molecule has 0 atom stereocenters. The van der Waals surface area contributed by atoms with Gasteiger partial charge >= 0.3 is 5.97 Å². The van der Waals surface area contributed by atoms with E-state index in [1.807, 2.05) is 6.07 Å².